The van der Waals surface area contributed by atoms with Gasteiger partial charge in [-0.3, -0.25) is 4.57 Å². The highest BCUT2D eigenvalue weighted by Gasteiger charge is 2.26. The zero-order chi connectivity index (χ0) is 28.3. The molecule has 0 aliphatic carbocycles. The van der Waals surface area contributed by atoms with Crippen LogP contribution in [0, 0.1) is 0 Å². The molecule has 0 fully saturated rings. The fourth-order valence-corrected chi connectivity index (χ4v) is 6.20. The fourth-order valence-electron chi connectivity index (χ4n) is 6.20. The van der Waals surface area contributed by atoms with Crippen LogP contribution in [0.15, 0.2) is 116 Å². The lowest BCUT2D eigenvalue weighted by Gasteiger charge is -2.26. The average Bonchev–Trinajstić information content (AvgIpc) is 3.52. The molecular weight excluding hydrogens is 500 g/mol. The molecule has 0 bridgehead atoms. The highest BCUT2D eigenvalue weighted by Crippen LogP contribution is 2.38. The zero-order valence-electron chi connectivity index (χ0n) is 24.3. The summed E-state index contributed by atoms with van der Waals surface area (Å²) in [5.41, 5.74) is 9.57. The fraction of sp³-hybridized carbons (Fsp3) is 0.189. The Morgan fingerprint density at radius 1 is 0.707 bits per heavy atom. The summed E-state index contributed by atoms with van der Waals surface area (Å²) in [6.07, 6.45) is 4.11. The van der Waals surface area contributed by atoms with E-state index in [9.17, 15) is 0 Å². The molecule has 0 unspecified atom stereocenters. The molecule has 0 radical (unpaired) electrons. The van der Waals surface area contributed by atoms with Crippen molar-refractivity contribution in [2.45, 2.75) is 39.0 Å². The Morgan fingerprint density at radius 3 is 2.27 bits per heavy atom. The number of aryl methyl sites for hydroxylation is 1. The van der Waals surface area contributed by atoms with Crippen molar-refractivity contribution in [1.82, 2.24) is 14.1 Å². The average molecular weight is 536 g/mol. The van der Waals surface area contributed by atoms with Gasteiger partial charge in [0.25, 0.3) is 0 Å². The van der Waals surface area contributed by atoms with Crippen LogP contribution in [0.2, 0.25) is 0 Å². The summed E-state index contributed by atoms with van der Waals surface area (Å²) < 4.78 is 6.80. The number of para-hydroxylation sites is 3. The van der Waals surface area contributed by atoms with E-state index in [0.29, 0.717) is 5.92 Å². The lowest BCUT2D eigenvalue weighted by molar-refractivity contribution is -0.645. The molecule has 0 aliphatic heterocycles. The Kier molecular flexibility index (Phi) is 5.83. The lowest BCUT2D eigenvalue weighted by atomic mass is 9.77. The Labute approximate surface area is 241 Å². The zero-order valence-corrected chi connectivity index (χ0v) is 24.3. The second kappa shape index (κ2) is 9.45. The molecule has 4 nitrogen and oxygen atoms in total. The summed E-state index contributed by atoms with van der Waals surface area (Å²) in [5, 5.41) is 2.50. The van der Waals surface area contributed by atoms with Crippen molar-refractivity contribution < 1.29 is 4.57 Å². The first kappa shape index (κ1) is 25.3. The Morgan fingerprint density at radius 2 is 1.44 bits per heavy atom. The van der Waals surface area contributed by atoms with Crippen molar-refractivity contribution in [3.05, 3.63) is 132 Å². The van der Waals surface area contributed by atoms with E-state index in [1.54, 1.807) is 0 Å². The molecule has 3 aromatic heterocycles. The van der Waals surface area contributed by atoms with Gasteiger partial charge < -0.3 is 0 Å². The van der Waals surface area contributed by atoms with E-state index in [2.05, 4.69) is 158 Å². The molecule has 7 rings (SSSR count). The third kappa shape index (κ3) is 4.05. The first-order valence-corrected chi connectivity index (χ1v) is 14.4. The summed E-state index contributed by atoms with van der Waals surface area (Å²) in [5.74, 6) is 1.40. The monoisotopic (exact) mass is 535 g/mol. The van der Waals surface area contributed by atoms with Crippen LogP contribution < -0.4 is 4.57 Å². The minimum atomic E-state index is -0.218. The number of benzene rings is 4. The van der Waals surface area contributed by atoms with Gasteiger partial charge in [0, 0.05) is 22.4 Å². The molecule has 0 N–H and O–H groups in total. The van der Waals surface area contributed by atoms with Crippen LogP contribution in [0.5, 0.6) is 0 Å². The molecule has 41 heavy (non-hydrogen) atoms. The number of fused-ring (bicyclic) bond motifs is 4. The molecule has 0 aliphatic rings. The van der Waals surface area contributed by atoms with Gasteiger partial charge in [0.1, 0.15) is 11.5 Å². The van der Waals surface area contributed by atoms with Crippen LogP contribution in [0.25, 0.3) is 44.3 Å². The second-order valence-electron chi connectivity index (χ2n) is 11.9. The van der Waals surface area contributed by atoms with Crippen LogP contribution in [0.3, 0.4) is 0 Å². The third-order valence-electron chi connectivity index (χ3n) is 8.72. The second-order valence-corrected chi connectivity index (χ2v) is 11.9. The van der Waals surface area contributed by atoms with E-state index in [1.165, 1.54) is 49.5 Å². The van der Waals surface area contributed by atoms with Crippen LogP contribution in [0.1, 0.15) is 50.3 Å². The topological polar surface area (TPSA) is 26.6 Å². The maximum atomic E-state index is 4.84. The van der Waals surface area contributed by atoms with Crippen molar-refractivity contribution in [2.75, 3.05) is 0 Å². The molecule has 202 valence electrons. The van der Waals surface area contributed by atoms with Gasteiger partial charge >= 0.3 is 0 Å². The van der Waals surface area contributed by atoms with Crippen molar-refractivity contribution in [3.8, 4) is 11.5 Å². The van der Waals surface area contributed by atoms with Gasteiger partial charge in [-0.05, 0) is 71.1 Å². The van der Waals surface area contributed by atoms with Crippen LogP contribution >= 0.6 is 0 Å². The van der Waals surface area contributed by atoms with Gasteiger partial charge in [0.05, 0.1) is 18.1 Å². The quantitative estimate of drug-likeness (QED) is 0.203. The molecule has 4 heteroatoms. The molecule has 0 saturated carbocycles. The number of pyridine rings is 1. The summed E-state index contributed by atoms with van der Waals surface area (Å²) in [4.78, 5) is 4.84. The first-order valence-electron chi connectivity index (χ1n) is 14.4. The Balaban J connectivity index is 1.39. The van der Waals surface area contributed by atoms with Gasteiger partial charge in [-0.1, -0.05) is 82.3 Å². The van der Waals surface area contributed by atoms with Crippen LogP contribution in [-0.4, -0.2) is 14.1 Å². The Hall–Kier alpha value is -4.70. The smallest absolute Gasteiger partial charge is 0.249 e. The minimum Gasteiger partial charge on any atom is -0.294 e. The highest BCUT2D eigenvalue weighted by molar-refractivity contribution is 6.09. The van der Waals surface area contributed by atoms with Gasteiger partial charge in [0.2, 0.25) is 6.33 Å². The number of hydrogen-bond donors (Lipinski definition) is 0. The highest BCUT2D eigenvalue weighted by atomic mass is 15.1. The van der Waals surface area contributed by atoms with Crippen molar-refractivity contribution >= 4 is 32.8 Å². The van der Waals surface area contributed by atoms with Gasteiger partial charge in [-0.15, -0.1) is 0 Å². The number of aromatic nitrogens is 4. The van der Waals surface area contributed by atoms with Gasteiger partial charge in [-0.2, -0.15) is 4.57 Å². The third-order valence-corrected chi connectivity index (χ3v) is 8.72. The van der Waals surface area contributed by atoms with Gasteiger partial charge in [0.15, 0.2) is 11.0 Å². The van der Waals surface area contributed by atoms with Crippen molar-refractivity contribution in [1.29, 1.82) is 0 Å². The van der Waals surface area contributed by atoms with E-state index < -0.39 is 0 Å². The van der Waals surface area contributed by atoms with E-state index >= 15 is 0 Å². The number of rotatable bonds is 5. The number of imidazole rings is 1. The summed E-state index contributed by atoms with van der Waals surface area (Å²) in [7, 11) is 2.10. The predicted molar refractivity (Wildman–Crippen MR) is 169 cm³/mol. The van der Waals surface area contributed by atoms with E-state index in [1.807, 2.05) is 6.20 Å². The molecule has 7 aromatic rings. The summed E-state index contributed by atoms with van der Waals surface area (Å²) >= 11 is 0. The van der Waals surface area contributed by atoms with Crippen molar-refractivity contribution in [3.63, 3.8) is 0 Å². The van der Waals surface area contributed by atoms with E-state index in [4.69, 9.17) is 4.98 Å². The Bertz CT molecular complexity index is 2070. The van der Waals surface area contributed by atoms with Gasteiger partial charge in [-0.25, -0.2) is 9.55 Å². The molecular formula is C37H35N4+. The standard InChI is InChI=1S/C37H35N4/c1-25(2)26-19-20-38-36(21-26)41-32-14-7-6-13-30(32)31-18-17-28(23-35(31)41)37(3,4)27-11-10-12-29(22-27)40-24-39(5)33-15-8-9-16-34(33)40/h6-25H,1-5H3/q+1. The first-order chi connectivity index (χ1) is 19.8. The summed E-state index contributed by atoms with van der Waals surface area (Å²) in [6.45, 7) is 9.11. The molecule has 3 heterocycles. The van der Waals surface area contributed by atoms with Crippen molar-refractivity contribution in [2.24, 2.45) is 7.05 Å². The predicted octanol–water partition coefficient (Wildman–Crippen LogP) is 8.40. The molecule has 4 aromatic carbocycles. The molecule has 0 atom stereocenters. The number of nitrogens with zero attached hydrogens (tertiary/aromatic N) is 4. The molecule has 0 saturated heterocycles. The van der Waals surface area contributed by atoms with Crippen LogP contribution in [0.4, 0.5) is 0 Å². The maximum Gasteiger partial charge on any atom is 0.249 e. The summed E-state index contributed by atoms with van der Waals surface area (Å²) in [6, 6.07) is 37.5. The lowest BCUT2D eigenvalue weighted by Crippen LogP contribution is -2.25. The molecule has 0 spiro atoms. The maximum absolute atomic E-state index is 4.84. The number of hydrogen-bond acceptors (Lipinski definition) is 1. The van der Waals surface area contributed by atoms with E-state index in [0.717, 1.165) is 11.5 Å². The largest absolute Gasteiger partial charge is 0.294 e. The normalized spacial score (nSPS) is 12.2. The minimum absolute atomic E-state index is 0.218. The SMILES string of the molecule is CC(C)c1ccnc(-n2c3ccccc3c3ccc(C(C)(C)c4cccc(-n5c[n+](C)c6ccccc65)c4)cc32)c1. The molecule has 0 amide bonds. The van der Waals surface area contributed by atoms with Crippen LogP contribution in [-0.2, 0) is 12.5 Å². The van der Waals surface area contributed by atoms with E-state index in [-0.39, 0.29) is 5.41 Å².